The summed E-state index contributed by atoms with van der Waals surface area (Å²) in [7, 11) is 2.03. The summed E-state index contributed by atoms with van der Waals surface area (Å²) < 4.78 is 0. The van der Waals surface area contributed by atoms with Crippen molar-refractivity contribution < 1.29 is 0 Å². The first-order valence-corrected chi connectivity index (χ1v) is 7.25. The van der Waals surface area contributed by atoms with E-state index in [-0.39, 0.29) is 0 Å². The Balaban J connectivity index is 2.27. The average Bonchev–Trinajstić information content (AvgIpc) is 2.70. The molecule has 3 heteroatoms. The fraction of sp³-hybridized carbons (Fsp3) is 0.769. The van der Waals surface area contributed by atoms with E-state index in [1.54, 1.807) is 11.3 Å². The largest absolute Gasteiger partial charge is 0.312 e. The molecule has 0 radical (unpaired) electrons. The lowest BCUT2D eigenvalue weighted by Crippen LogP contribution is -2.16. The van der Waals surface area contributed by atoms with Crippen molar-refractivity contribution in [3.8, 4) is 0 Å². The van der Waals surface area contributed by atoms with Crippen LogP contribution < -0.4 is 5.32 Å². The fourth-order valence-corrected chi connectivity index (χ4v) is 2.60. The van der Waals surface area contributed by atoms with Crippen molar-refractivity contribution >= 4 is 11.3 Å². The predicted octanol–water partition coefficient (Wildman–Crippen LogP) is 4.07. The molecule has 0 aliphatic rings. The molecule has 1 rings (SSSR count). The first-order chi connectivity index (χ1) is 7.77. The normalized spacial score (nSPS) is 12.9. The number of unbranched alkanes of at least 4 members (excludes halogenated alkanes) is 4. The van der Waals surface area contributed by atoms with E-state index in [4.69, 9.17) is 0 Å². The molecule has 0 bridgehead atoms. The molecule has 1 heterocycles. The Morgan fingerprint density at radius 1 is 1.31 bits per heavy atom. The second-order valence-corrected chi connectivity index (χ2v) is 5.40. The van der Waals surface area contributed by atoms with Crippen LogP contribution in [-0.4, -0.2) is 12.0 Å². The van der Waals surface area contributed by atoms with Crippen molar-refractivity contribution in [2.75, 3.05) is 7.05 Å². The summed E-state index contributed by atoms with van der Waals surface area (Å²) in [6.45, 7) is 4.33. The summed E-state index contributed by atoms with van der Waals surface area (Å²) in [5.74, 6) is 0. The van der Waals surface area contributed by atoms with E-state index in [9.17, 15) is 0 Å². The standard InChI is InChI=1S/C13H24N2S/c1-4-5-6-7-8-9-12(14-3)13-10-16-11(2)15-13/h10,12,14H,4-9H2,1-3H3. The minimum Gasteiger partial charge on any atom is -0.312 e. The quantitative estimate of drug-likeness (QED) is 0.693. The lowest BCUT2D eigenvalue weighted by atomic mass is 10.0. The topological polar surface area (TPSA) is 24.9 Å². The molecule has 0 spiro atoms. The van der Waals surface area contributed by atoms with Crippen LogP contribution in [0.1, 0.15) is 62.2 Å². The van der Waals surface area contributed by atoms with Gasteiger partial charge in [0.25, 0.3) is 0 Å². The number of thiazole rings is 1. The van der Waals surface area contributed by atoms with E-state index >= 15 is 0 Å². The number of hydrogen-bond donors (Lipinski definition) is 1. The molecule has 0 fully saturated rings. The third-order valence-corrected chi connectivity index (χ3v) is 3.73. The number of aryl methyl sites for hydroxylation is 1. The molecule has 1 aromatic rings. The molecule has 0 saturated heterocycles. The second kappa shape index (κ2) is 7.80. The average molecular weight is 240 g/mol. The maximum atomic E-state index is 4.55. The van der Waals surface area contributed by atoms with E-state index in [0.29, 0.717) is 6.04 Å². The number of rotatable bonds is 8. The zero-order chi connectivity index (χ0) is 11.8. The Bertz CT molecular complexity index is 283. The van der Waals surface area contributed by atoms with Gasteiger partial charge in [0.15, 0.2) is 0 Å². The first-order valence-electron chi connectivity index (χ1n) is 6.37. The molecule has 0 aliphatic heterocycles. The minimum absolute atomic E-state index is 0.451. The van der Waals surface area contributed by atoms with Crippen LogP contribution in [0.25, 0.3) is 0 Å². The van der Waals surface area contributed by atoms with Crippen LogP contribution >= 0.6 is 11.3 Å². The molecule has 16 heavy (non-hydrogen) atoms. The van der Waals surface area contributed by atoms with Gasteiger partial charge in [-0.1, -0.05) is 39.0 Å². The third kappa shape index (κ3) is 4.62. The molecule has 1 atom stereocenters. The number of aromatic nitrogens is 1. The third-order valence-electron chi connectivity index (χ3n) is 2.94. The summed E-state index contributed by atoms with van der Waals surface area (Å²) in [4.78, 5) is 4.55. The van der Waals surface area contributed by atoms with Gasteiger partial charge in [0.2, 0.25) is 0 Å². The molecule has 0 aromatic carbocycles. The lowest BCUT2D eigenvalue weighted by molar-refractivity contribution is 0.493. The van der Waals surface area contributed by atoms with Crippen LogP contribution in [0.3, 0.4) is 0 Å². The summed E-state index contributed by atoms with van der Waals surface area (Å²) >= 11 is 1.74. The van der Waals surface area contributed by atoms with Gasteiger partial charge in [0, 0.05) is 5.38 Å². The molecule has 0 saturated carbocycles. The molecule has 2 nitrogen and oxygen atoms in total. The maximum absolute atomic E-state index is 4.55. The van der Waals surface area contributed by atoms with Gasteiger partial charge in [-0.25, -0.2) is 4.98 Å². The lowest BCUT2D eigenvalue weighted by Gasteiger charge is -2.13. The van der Waals surface area contributed by atoms with Crippen LogP contribution in [0.5, 0.6) is 0 Å². The number of nitrogens with zero attached hydrogens (tertiary/aromatic N) is 1. The predicted molar refractivity (Wildman–Crippen MR) is 72.0 cm³/mol. The van der Waals surface area contributed by atoms with E-state index in [1.807, 2.05) is 7.05 Å². The summed E-state index contributed by atoms with van der Waals surface area (Å²) in [5.41, 5.74) is 1.22. The summed E-state index contributed by atoms with van der Waals surface area (Å²) in [5, 5.41) is 6.72. The van der Waals surface area contributed by atoms with E-state index in [1.165, 1.54) is 49.2 Å². The monoisotopic (exact) mass is 240 g/mol. The van der Waals surface area contributed by atoms with Crippen molar-refractivity contribution in [2.24, 2.45) is 0 Å². The maximum Gasteiger partial charge on any atom is 0.0898 e. The van der Waals surface area contributed by atoms with Gasteiger partial charge in [-0.05, 0) is 20.4 Å². The molecule has 1 N–H and O–H groups in total. The molecule has 0 aliphatic carbocycles. The van der Waals surface area contributed by atoms with Crippen molar-refractivity contribution in [1.29, 1.82) is 0 Å². The molecule has 0 amide bonds. The molecular weight excluding hydrogens is 216 g/mol. The van der Waals surface area contributed by atoms with Crippen LogP contribution in [0.2, 0.25) is 0 Å². The van der Waals surface area contributed by atoms with Crippen molar-refractivity contribution in [1.82, 2.24) is 10.3 Å². The van der Waals surface area contributed by atoms with Gasteiger partial charge < -0.3 is 5.32 Å². The number of hydrogen-bond acceptors (Lipinski definition) is 3. The SMILES string of the molecule is CCCCCCCC(NC)c1csc(C)n1. The highest BCUT2D eigenvalue weighted by atomic mass is 32.1. The minimum atomic E-state index is 0.451. The van der Waals surface area contributed by atoms with Gasteiger partial charge >= 0.3 is 0 Å². The molecular formula is C13H24N2S. The van der Waals surface area contributed by atoms with Gasteiger partial charge in [-0.15, -0.1) is 11.3 Å². The Morgan fingerprint density at radius 2 is 2.06 bits per heavy atom. The van der Waals surface area contributed by atoms with Gasteiger partial charge in [0.05, 0.1) is 16.7 Å². The smallest absolute Gasteiger partial charge is 0.0898 e. The van der Waals surface area contributed by atoms with E-state index < -0.39 is 0 Å². The molecule has 1 unspecified atom stereocenters. The summed E-state index contributed by atoms with van der Waals surface area (Å²) in [6.07, 6.45) is 7.95. The van der Waals surface area contributed by atoms with E-state index in [0.717, 1.165) is 0 Å². The van der Waals surface area contributed by atoms with Gasteiger partial charge in [-0.3, -0.25) is 0 Å². The van der Waals surface area contributed by atoms with Gasteiger partial charge in [0.1, 0.15) is 0 Å². The Hall–Kier alpha value is -0.410. The highest BCUT2D eigenvalue weighted by Gasteiger charge is 2.11. The Kier molecular flexibility index (Phi) is 6.65. The Labute approximate surface area is 103 Å². The fourth-order valence-electron chi connectivity index (χ4n) is 1.93. The van der Waals surface area contributed by atoms with Crippen LogP contribution in [0, 0.1) is 6.92 Å². The van der Waals surface area contributed by atoms with Crippen molar-refractivity contribution in [3.63, 3.8) is 0 Å². The highest BCUT2D eigenvalue weighted by molar-refractivity contribution is 7.09. The molecule has 92 valence electrons. The van der Waals surface area contributed by atoms with Crippen LogP contribution in [0.15, 0.2) is 5.38 Å². The first kappa shape index (κ1) is 13.7. The Morgan fingerprint density at radius 3 is 2.62 bits per heavy atom. The molecule has 1 aromatic heterocycles. The number of nitrogens with one attached hydrogen (secondary N) is 1. The van der Waals surface area contributed by atoms with Crippen LogP contribution in [0.4, 0.5) is 0 Å². The highest BCUT2D eigenvalue weighted by Crippen LogP contribution is 2.21. The summed E-state index contributed by atoms with van der Waals surface area (Å²) in [6, 6.07) is 0.451. The zero-order valence-electron chi connectivity index (χ0n) is 10.8. The second-order valence-electron chi connectivity index (χ2n) is 4.34. The zero-order valence-corrected chi connectivity index (χ0v) is 11.6. The van der Waals surface area contributed by atoms with Crippen LogP contribution in [-0.2, 0) is 0 Å². The van der Waals surface area contributed by atoms with Crippen molar-refractivity contribution in [2.45, 2.75) is 58.4 Å². The van der Waals surface area contributed by atoms with Crippen molar-refractivity contribution in [3.05, 3.63) is 16.1 Å². The van der Waals surface area contributed by atoms with Gasteiger partial charge in [-0.2, -0.15) is 0 Å². The van der Waals surface area contributed by atoms with E-state index in [2.05, 4.69) is 29.5 Å².